The zero-order valence-electron chi connectivity index (χ0n) is 15.2. The second-order valence-corrected chi connectivity index (χ2v) is 7.04. The van der Waals surface area contributed by atoms with Gasteiger partial charge in [0.05, 0.1) is 0 Å². The summed E-state index contributed by atoms with van der Waals surface area (Å²) in [7, 11) is 0. The summed E-state index contributed by atoms with van der Waals surface area (Å²) in [6, 6.07) is 18.0. The van der Waals surface area contributed by atoms with Crippen LogP contribution in [0.1, 0.15) is 48.2 Å². The minimum atomic E-state index is -0.0294. The van der Waals surface area contributed by atoms with Crippen molar-refractivity contribution in [2.75, 3.05) is 13.2 Å². The fraction of sp³-hybridized carbons (Fsp3) is 0.409. The van der Waals surface area contributed by atoms with Crippen molar-refractivity contribution < 1.29 is 9.90 Å². The Labute approximate surface area is 151 Å². The molecule has 0 saturated heterocycles. The Morgan fingerprint density at radius 3 is 2.40 bits per heavy atom. The molecule has 25 heavy (non-hydrogen) atoms. The van der Waals surface area contributed by atoms with E-state index in [1.54, 1.807) is 0 Å². The first-order chi connectivity index (χ1) is 12.1. The van der Waals surface area contributed by atoms with E-state index >= 15 is 0 Å². The number of amides is 1. The van der Waals surface area contributed by atoms with Gasteiger partial charge in [-0.25, -0.2) is 0 Å². The SMILES string of the molecule is CC(C)CC(CCO)CNC(=O)c1ccccc1Cc1ccccc1. The quantitative estimate of drug-likeness (QED) is 0.724. The molecule has 1 unspecified atom stereocenters. The van der Waals surface area contributed by atoms with Crippen molar-refractivity contribution in [2.24, 2.45) is 11.8 Å². The van der Waals surface area contributed by atoms with E-state index in [2.05, 4.69) is 31.3 Å². The molecule has 0 heterocycles. The van der Waals surface area contributed by atoms with Crippen molar-refractivity contribution in [2.45, 2.75) is 33.1 Å². The van der Waals surface area contributed by atoms with E-state index in [0.29, 0.717) is 18.4 Å². The molecule has 0 bridgehead atoms. The molecule has 0 aliphatic carbocycles. The Bertz CT molecular complexity index is 652. The molecule has 0 fully saturated rings. The predicted octanol–water partition coefficient (Wildman–Crippen LogP) is 4.05. The van der Waals surface area contributed by atoms with Crippen LogP contribution in [0.25, 0.3) is 0 Å². The first kappa shape index (κ1) is 19.2. The molecule has 0 aliphatic heterocycles. The third kappa shape index (κ3) is 6.35. The number of nitrogens with one attached hydrogen (secondary N) is 1. The first-order valence-corrected chi connectivity index (χ1v) is 9.11. The highest BCUT2D eigenvalue weighted by molar-refractivity contribution is 5.95. The Balaban J connectivity index is 2.03. The van der Waals surface area contributed by atoms with Crippen LogP contribution in [-0.4, -0.2) is 24.2 Å². The lowest BCUT2D eigenvalue weighted by atomic mass is 9.94. The van der Waals surface area contributed by atoms with Gasteiger partial charge in [-0.3, -0.25) is 4.79 Å². The summed E-state index contributed by atoms with van der Waals surface area (Å²) in [5, 5.41) is 12.3. The molecule has 3 heteroatoms. The number of hydrogen-bond acceptors (Lipinski definition) is 2. The van der Waals surface area contributed by atoms with E-state index < -0.39 is 0 Å². The zero-order chi connectivity index (χ0) is 18.1. The summed E-state index contributed by atoms with van der Waals surface area (Å²) in [4.78, 5) is 12.7. The number of aliphatic hydroxyl groups is 1. The van der Waals surface area contributed by atoms with Crippen molar-refractivity contribution in [3.05, 3.63) is 71.3 Å². The van der Waals surface area contributed by atoms with Crippen LogP contribution in [0.2, 0.25) is 0 Å². The van der Waals surface area contributed by atoms with Gasteiger partial charge in [0, 0.05) is 18.7 Å². The molecule has 2 N–H and O–H groups in total. The van der Waals surface area contributed by atoms with Gasteiger partial charge in [-0.1, -0.05) is 62.4 Å². The van der Waals surface area contributed by atoms with Gasteiger partial charge in [-0.15, -0.1) is 0 Å². The van der Waals surface area contributed by atoms with E-state index in [1.807, 2.05) is 42.5 Å². The average molecular weight is 339 g/mol. The molecule has 0 spiro atoms. The number of hydrogen-bond donors (Lipinski definition) is 2. The maximum atomic E-state index is 12.7. The Hall–Kier alpha value is -2.13. The molecule has 1 amide bonds. The minimum absolute atomic E-state index is 0.0294. The Kier molecular flexibility index (Phi) is 7.68. The normalized spacial score (nSPS) is 12.2. The highest BCUT2D eigenvalue weighted by Gasteiger charge is 2.15. The van der Waals surface area contributed by atoms with E-state index in [4.69, 9.17) is 0 Å². The molecule has 0 aliphatic rings. The topological polar surface area (TPSA) is 49.3 Å². The standard InChI is InChI=1S/C22H29NO2/c1-17(2)14-19(12-13-24)16-23-22(25)21-11-7-6-10-20(21)15-18-8-4-3-5-9-18/h3-11,17,19,24H,12-16H2,1-2H3,(H,23,25). The molecule has 134 valence electrons. The van der Waals surface area contributed by atoms with Gasteiger partial charge in [-0.2, -0.15) is 0 Å². The van der Waals surface area contributed by atoms with Crippen molar-refractivity contribution in [3.63, 3.8) is 0 Å². The third-order valence-electron chi connectivity index (χ3n) is 4.39. The van der Waals surface area contributed by atoms with Gasteiger partial charge in [0.25, 0.3) is 5.91 Å². The first-order valence-electron chi connectivity index (χ1n) is 9.11. The molecule has 0 aromatic heterocycles. The molecule has 3 nitrogen and oxygen atoms in total. The number of rotatable bonds is 9. The minimum Gasteiger partial charge on any atom is -0.396 e. The van der Waals surface area contributed by atoms with Gasteiger partial charge < -0.3 is 10.4 Å². The largest absolute Gasteiger partial charge is 0.396 e. The van der Waals surface area contributed by atoms with E-state index in [0.717, 1.165) is 30.4 Å². The van der Waals surface area contributed by atoms with Crippen LogP contribution in [0.4, 0.5) is 0 Å². The maximum Gasteiger partial charge on any atom is 0.251 e. The van der Waals surface area contributed by atoms with E-state index in [1.165, 1.54) is 5.56 Å². The Morgan fingerprint density at radius 1 is 1.04 bits per heavy atom. The molecular weight excluding hydrogens is 310 g/mol. The Morgan fingerprint density at radius 2 is 1.72 bits per heavy atom. The molecular formula is C22H29NO2. The smallest absolute Gasteiger partial charge is 0.251 e. The van der Waals surface area contributed by atoms with Crippen molar-refractivity contribution in [1.82, 2.24) is 5.32 Å². The van der Waals surface area contributed by atoms with E-state index in [9.17, 15) is 9.90 Å². The number of benzene rings is 2. The average Bonchev–Trinajstić information content (AvgIpc) is 2.60. The summed E-state index contributed by atoms with van der Waals surface area (Å²) in [6.45, 7) is 5.11. The highest BCUT2D eigenvalue weighted by Crippen LogP contribution is 2.17. The van der Waals surface area contributed by atoms with Gasteiger partial charge in [0.15, 0.2) is 0 Å². The van der Waals surface area contributed by atoms with Gasteiger partial charge in [-0.05, 0) is 48.3 Å². The summed E-state index contributed by atoms with van der Waals surface area (Å²) < 4.78 is 0. The predicted molar refractivity (Wildman–Crippen MR) is 103 cm³/mol. The van der Waals surface area contributed by atoms with Crippen LogP contribution in [0.15, 0.2) is 54.6 Å². The zero-order valence-corrected chi connectivity index (χ0v) is 15.2. The summed E-state index contributed by atoms with van der Waals surface area (Å²) >= 11 is 0. The second-order valence-electron chi connectivity index (χ2n) is 7.04. The van der Waals surface area contributed by atoms with Crippen LogP contribution in [0.3, 0.4) is 0 Å². The van der Waals surface area contributed by atoms with Crippen molar-refractivity contribution >= 4 is 5.91 Å². The number of carbonyl (C=O) groups excluding carboxylic acids is 1. The molecule has 2 aromatic carbocycles. The molecule has 2 rings (SSSR count). The molecule has 0 radical (unpaired) electrons. The molecule has 1 atom stereocenters. The van der Waals surface area contributed by atoms with Crippen LogP contribution in [-0.2, 0) is 6.42 Å². The summed E-state index contributed by atoms with van der Waals surface area (Å²) in [5.74, 6) is 0.840. The highest BCUT2D eigenvalue weighted by atomic mass is 16.3. The lowest BCUT2D eigenvalue weighted by Gasteiger charge is -2.19. The van der Waals surface area contributed by atoms with Crippen LogP contribution < -0.4 is 5.32 Å². The van der Waals surface area contributed by atoms with Crippen molar-refractivity contribution in [1.29, 1.82) is 0 Å². The van der Waals surface area contributed by atoms with Gasteiger partial charge >= 0.3 is 0 Å². The van der Waals surface area contributed by atoms with Crippen LogP contribution >= 0.6 is 0 Å². The fourth-order valence-corrected chi connectivity index (χ4v) is 3.20. The fourth-order valence-electron chi connectivity index (χ4n) is 3.20. The summed E-state index contributed by atoms with van der Waals surface area (Å²) in [6.07, 6.45) is 2.48. The van der Waals surface area contributed by atoms with Gasteiger partial charge in [0.2, 0.25) is 0 Å². The monoisotopic (exact) mass is 339 g/mol. The van der Waals surface area contributed by atoms with Crippen LogP contribution in [0, 0.1) is 11.8 Å². The number of aliphatic hydroxyl groups excluding tert-OH is 1. The molecule has 0 saturated carbocycles. The number of carbonyl (C=O) groups is 1. The third-order valence-corrected chi connectivity index (χ3v) is 4.39. The lowest BCUT2D eigenvalue weighted by Crippen LogP contribution is -2.31. The summed E-state index contributed by atoms with van der Waals surface area (Å²) in [5.41, 5.74) is 2.97. The van der Waals surface area contributed by atoms with Gasteiger partial charge in [0.1, 0.15) is 0 Å². The maximum absolute atomic E-state index is 12.7. The van der Waals surface area contributed by atoms with Crippen LogP contribution in [0.5, 0.6) is 0 Å². The second kappa shape index (κ2) is 10.00. The molecule has 2 aromatic rings. The van der Waals surface area contributed by atoms with Crippen molar-refractivity contribution in [3.8, 4) is 0 Å². The van der Waals surface area contributed by atoms with E-state index in [-0.39, 0.29) is 12.5 Å². The lowest BCUT2D eigenvalue weighted by molar-refractivity contribution is 0.0940.